The van der Waals surface area contributed by atoms with Crippen LogP contribution in [0.15, 0.2) is 37.1 Å². The van der Waals surface area contributed by atoms with Gasteiger partial charge in [0.1, 0.15) is 0 Å². The lowest BCUT2D eigenvalue weighted by Gasteiger charge is -2.32. The van der Waals surface area contributed by atoms with Gasteiger partial charge in [0.2, 0.25) is 11.6 Å². The third kappa shape index (κ3) is 5.07. The summed E-state index contributed by atoms with van der Waals surface area (Å²) < 4.78 is 3.62. The maximum absolute atomic E-state index is 9.14. The van der Waals surface area contributed by atoms with Gasteiger partial charge in [-0.05, 0) is 30.8 Å². The van der Waals surface area contributed by atoms with Crippen molar-refractivity contribution in [3.8, 4) is 11.3 Å². The molecule has 2 aliphatic rings. The van der Waals surface area contributed by atoms with E-state index in [2.05, 4.69) is 36.3 Å². The topological polar surface area (TPSA) is 127 Å². The van der Waals surface area contributed by atoms with Gasteiger partial charge >= 0.3 is 0 Å². The molecule has 4 aromatic heterocycles. The summed E-state index contributed by atoms with van der Waals surface area (Å²) in [5.74, 6) is 1.15. The zero-order valence-electron chi connectivity index (χ0n) is 21.0. The number of rotatable bonds is 7. The van der Waals surface area contributed by atoms with E-state index in [4.69, 9.17) is 20.1 Å². The zero-order chi connectivity index (χ0) is 25.2. The van der Waals surface area contributed by atoms with E-state index in [0.29, 0.717) is 23.8 Å². The molecule has 0 radical (unpaired) electrons. The largest absolute Gasteiger partial charge is 0.395 e. The summed E-state index contributed by atoms with van der Waals surface area (Å²) in [5, 5.41) is 22.0. The predicted octanol–water partition coefficient (Wildman–Crippen LogP) is 1.41. The van der Waals surface area contributed by atoms with Gasteiger partial charge in [-0.3, -0.25) is 9.58 Å². The first kappa shape index (κ1) is 23.6. The number of aryl methyl sites for hydroxylation is 1. The molecule has 1 N–H and O–H groups in total. The SMILES string of the molecule is Cn1cc(-c2cnc3nnn(C[C@@H]4CCCN(c5ncc(C6=CCN(CCO)CC6)cn5)C4)c3n2)cn1. The molecule has 0 spiro atoms. The summed E-state index contributed by atoms with van der Waals surface area (Å²) in [4.78, 5) is 23.2. The van der Waals surface area contributed by atoms with Crippen LogP contribution in [0.25, 0.3) is 28.1 Å². The zero-order valence-corrected chi connectivity index (χ0v) is 21.0. The first-order chi connectivity index (χ1) is 18.2. The lowest BCUT2D eigenvalue weighted by molar-refractivity contribution is 0.208. The van der Waals surface area contributed by atoms with Crippen LogP contribution in [-0.4, -0.2) is 94.0 Å². The van der Waals surface area contributed by atoms with Crippen LogP contribution in [-0.2, 0) is 13.6 Å². The number of aromatic nitrogens is 9. The molecular weight excluding hydrogens is 470 g/mol. The number of piperidine rings is 1. The Bertz CT molecular complexity index is 1390. The lowest BCUT2D eigenvalue weighted by atomic mass is 9.98. The Labute approximate surface area is 214 Å². The molecule has 0 aromatic carbocycles. The fourth-order valence-electron chi connectivity index (χ4n) is 5.18. The van der Waals surface area contributed by atoms with Gasteiger partial charge in [-0.15, -0.1) is 5.10 Å². The summed E-state index contributed by atoms with van der Waals surface area (Å²) in [6.45, 7) is 5.24. The monoisotopic (exact) mass is 501 g/mol. The predicted molar refractivity (Wildman–Crippen MR) is 138 cm³/mol. The van der Waals surface area contributed by atoms with Crippen molar-refractivity contribution in [2.45, 2.75) is 25.8 Å². The third-order valence-corrected chi connectivity index (χ3v) is 7.18. The number of aliphatic hydroxyl groups is 1. The second-order valence-electron chi connectivity index (χ2n) is 9.81. The lowest BCUT2D eigenvalue weighted by Crippen LogP contribution is -2.38. The quantitative estimate of drug-likeness (QED) is 0.397. The minimum atomic E-state index is 0.199. The van der Waals surface area contributed by atoms with Crippen molar-refractivity contribution in [3.63, 3.8) is 0 Å². The molecule has 12 heteroatoms. The van der Waals surface area contributed by atoms with Crippen LogP contribution in [0.1, 0.15) is 24.8 Å². The Morgan fingerprint density at radius 1 is 1.05 bits per heavy atom. The van der Waals surface area contributed by atoms with Crippen molar-refractivity contribution in [1.29, 1.82) is 0 Å². The molecule has 12 nitrogen and oxygen atoms in total. The molecule has 0 saturated carbocycles. The van der Waals surface area contributed by atoms with Gasteiger partial charge in [0.25, 0.3) is 0 Å². The Balaban J connectivity index is 1.13. The van der Waals surface area contributed by atoms with Crippen molar-refractivity contribution < 1.29 is 5.11 Å². The molecule has 2 aliphatic heterocycles. The highest BCUT2D eigenvalue weighted by Gasteiger charge is 2.24. The number of hydrogen-bond donors (Lipinski definition) is 1. The van der Waals surface area contributed by atoms with E-state index in [-0.39, 0.29) is 6.61 Å². The van der Waals surface area contributed by atoms with E-state index in [1.165, 1.54) is 5.57 Å². The second kappa shape index (κ2) is 10.3. The number of hydrogen-bond acceptors (Lipinski definition) is 10. The van der Waals surface area contributed by atoms with E-state index in [9.17, 15) is 0 Å². The normalized spacial score (nSPS) is 18.9. The van der Waals surface area contributed by atoms with Crippen LogP contribution in [0.2, 0.25) is 0 Å². The highest BCUT2D eigenvalue weighted by molar-refractivity contribution is 5.69. The van der Waals surface area contributed by atoms with Crippen LogP contribution in [0.5, 0.6) is 0 Å². The fraction of sp³-hybridized carbons (Fsp3) is 0.480. The molecule has 1 fully saturated rings. The van der Waals surface area contributed by atoms with Gasteiger partial charge in [0.05, 0.1) is 24.7 Å². The van der Waals surface area contributed by atoms with Crippen molar-refractivity contribution in [1.82, 2.24) is 49.6 Å². The van der Waals surface area contributed by atoms with Crippen LogP contribution < -0.4 is 4.90 Å². The minimum absolute atomic E-state index is 0.199. The molecule has 37 heavy (non-hydrogen) atoms. The van der Waals surface area contributed by atoms with E-state index < -0.39 is 0 Å². The highest BCUT2D eigenvalue weighted by atomic mass is 16.3. The number of fused-ring (bicyclic) bond motifs is 1. The minimum Gasteiger partial charge on any atom is -0.395 e. The standard InChI is InChI=1S/C25H31N11O/c1-33-17-21(13-29-33)22-14-26-23-24(30-22)36(32-31-23)16-18-3-2-6-35(15-18)25-27-11-20(12-28-25)19-4-7-34(8-5-19)9-10-37/h4,11-14,17-18,37H,2-3,5-10,15-16H2,1H3/t18-/m1/s1. The molecule has 4 aromatic rings. The van der Waals surface area contributed by atoms with Crippen molar-refractivity contribution in [2.75, 3.05) is 44.2 Å². The van der Waals surface area contributed by atoms with E-state index in [0.717, 1.165) is 74.8 Å². The van der Waals surface area contributed by atoms with Gasteiger partial charge in [-0.25, -0.2) is 24.6 Å². The van der Waals surface area contributed by atoms with Gasteiger partial charge in [-0.2, -0.15) is 5.10 Å². The number of β-amino-alcohol motifs (C(OH)–C–C–N with tert-alkyl or cyclic N) is 1. The molecular formula is C25H31N11O. The van der Waals surface area contributed by atoms with Gasteiger partial charge in [-0.1, -0.05) is 11.3 Å². The van der Waals surface area contributed by atoms with Crippen LogP contribution in [0, 0.1) is 5.92 Å². The Kier molecular flexibility index (Phi) is 6.58. The number of aliphatic hydroxyl groups excluding tert-OH is 1. The highest BCUT2D eigenvalue weighted by Crippen LogP contribution is 2.25. The van der Waals surface area contributed by atoms with Crippen LogP contribution >= 0.6 is 0 Å². The summed E-state index contributed by atoms with van der Waals surface area (Å²) in [6, 6.07) is 0. The van der Waals surface area contributed by atoms with Crippen molar-refractivity contribution in [2.24, 2.45) is 13.0 Å². The fourth-order valence-corrected chi connectivity index (χ4v) is 5.18. The maximum atomic E-state index is 9.14. The molecule has 1 saturated heterocycles. The molecule has 192 valence electrons. The van der Waals surface area contributed by atoms with E-state index in [1.807, 2.05) is 30.3 Å². The van der Waals surface area contributed by atoms with Crippen LogP contribution in [0.4, 0.5) is 5.95 Å². The van der Waals surface area contributed by atoms with Crippen LogP contribution in [0.3, 0.4) is 0 Å². The molecule has 0 unspecified atom stereocenters. The Morgan fingerprint density at radius 3 is 2.70 bits per heavy atom. The second-order valence-corrected chi connectivity index (χ2v) is 9.81. The first-order valence-electron chi connectivity index (χ1n) is 12.8. The average molecular weight is 502 g/mol. The number of nitrogens with zero attached hydrogens (tertiary/aromatic N) is 11. The summed E-state index contributed by atoms with van der Waals surface area (Å²) in [7, 11) is 1.88. The maximum Gasteiger partial charge on any atom is 0.225 e. The molecule has 0 amide bonds. The van der Waals surface area contributed by atoms with E-state index >= 15 is 0 Å². The summed E-state index contributed by atoms with van der Waals surface area (Å²) >= 11 is 0. The molecule has 1 atom stereocenters. The average Bonchev–Trinajstić information content (AvgIpc) is 3.55. The smallest absolute Gasteiger partial charge is 0.225 e. The third-order valence-electron chi connectivity index (χ3n) is 7.18. The molecule has 6 rings (SSSR count). The molecule has 0 aliphatic carbocycles. The van der Waals surface area contributed by atoms with E-state index in [1.54, 1.807) is 17.1 Å². The van der Waals surface area contributed by atoms with Gasteiger partial charge in [0.15, 0.2) is 5.65 Å². The Hall–Kier alpha value is -3.77. The van der Waals surface area contributed by atoms with Gasteiger partial charge < -0.3 is 10.0 Å². The number of anilines is 1. The molecule has 6 heterocycles. The summed E-state index contributed by atoms with van der Waals surface area (Å²) in [5.41, 5.74) is 5.28. The molecule has 0 bridgehead atoms. The summed E-state index contributed by atoms with van der Waals surface area (Å²) in [6.07, 6.45) is 14.7. The van der Waals surface area contributed by atoms with Gasteiger partial charge in [0, 0.05) is 76.0 Å². The van der Waals surface area contributed by atoms with Crippen molar-refractivity contribution >= 4 is 22.8 Å². The van der Waals surface area contributed by atoms with Crippen molar-refractivity contribution in [3.05, 3.63) is 42.6 Å². The Morgan fingerprint density at radius 2 is 1.95 bits per heavy atom. The first-order valence-corrected chi connectivity index (χ1v) is 12.8.